The number of sulfonamides is 1. The lowest BCUT2D eigenvalue weighted by Gasteiger charge is -2.36. The standard InChI is InChI=1S/C17H22ClN5O3S2.C2HF3O2/c18-13-1-3-16(4-2-13)28(25,26)21-7-5-14(6-8-21)23(20)10-17(24)22-12-27-11-15(22)9-19;3-2(4,5)1(6)7/h1-4,14-15H,5-8,10-12,20H2;(H,6,7)/t15-;/m1./s1. The lowest BCUT2D eigenvalue weighted by Crippen LogP contribution is -2.53. The Morgan fingerprint density at radius 1 is 1.26 bits per heavy atom. The van der Waals surface area contributed by atoms with Crippen LogP contribution in [0.25, 0.3) is 0 Å². The summed E-state index contributed by atoms with van der Waals surface area (Å²) in [6.07, 6.45) is -4.01. The molecule has 1 amide bonds. The van der Waals surface area contributed by atoms with Gasteiger partial charge in [-0.25, -0.2) is 18.2 Å². The lowest BCUT2D eigenvalue weighted by atomic mass is 10.1. The zero-order valence-corrected chi connectivity index (χ0v) is 20.6. The van der Waals surface area contributed by atoms with E-state index in [1.54, 1.807) is 28.8 Å². The fourth-order valence-electron chi connectivity index (χ4n) is 3.34. The summed E-state index contributed by atoms with van der Waals surface area (Å²) in [5.74, 6) is 4.29. The number of amides is 1. The predicted molar refractivity (Wildman–Crippen MR) is 121 cm³/mol. The second-order valence-electron chi connectivity index (χ2n) is 7.57. The van der Waals surface area contributed by atoms with E-state index >= 15 is 0 Å². The van der Waals surface area contributed by atoms with Crippen molar-refractivity contribution in [2.75, 3.05) is 31.3 Å². The molecule has 2 aliphatic heterocycles. The Kier molecular flexibility index (Phi) is 10.2. The van der Waals surface area contributed by atoms with Gasteiger partial charge in [-0.05, 0) is 37.1 Å². The molecule has 0 aliphatic carbocycles. The minimum Gasteiger partial charge on any atom is -0.475 e. The number of aliphatic carboxylic acids is 1. The Hall–Kier alpha value is -2.09. The number of thioether (sulfide) groups is 1. The van der Waals surface area contributed by atoms with E-state index in [4.69, 9.17) is 32.6 Å². The van der Waals surface area contributed by atoms with Crippen LogP contribution >= 0.6 is 23.4 Å². The van der Waals surface area contributed by atoms with Crippen molar-refractivity contribution >= 4 is 45.3 Å². The number of hydrogen-bond acceptors (Lipinski definition) is 8. The number of nitriles is 1. The molecule has 0 bridgehead atoms. The molecule has 194 valence electrons. The van der Waals surface area contributed by atoms with Gasteiger partial charge in [0.2, 0.25) is 15.9 Å². The fraction of sp³-hybridized carbons (Fsp3) is 0.526. The van der Waals surface area contributed by atoms with Crippen LogP contribution in [0.5, 0.6) is 0 Å². The van der Waals surface area contributed by atoms with Gasteiger partial charge in [0, 0.05) is 29.9 Å². The fourth-order valence-corrected chi connectivity index (χ4v) is 6.04. The van der Waals surface area contributed by atoms with E-state index in [1.165, 1.54) is 21.4 Å². The third-order valence-corrected chi connectivity index (χ3v) is 8.43. The number of nitrogens with two attached hydrogens (primary N) is 1. The summed E-state index contributed by atoms with van der Waals surface area (Å²) in [5, 5.41) is 18.2. The quantitative estimate of drug-likeness (QED) is 0.408. The SMILES string of the molecule is N#C[C@@H]1CSCN1C(=O)CN(N)C1CCN(S(=O)(=O)c2ccc(Cl)cc2)CC1.O=C(O)C(F)(F)F. The highest BCUT2D eigenvalue weighted by Crippen LogP contribution is 2.24. The monoisotopic (exact) mass is 557 g/mol. The van der Waals surface area contributed by atoms with Crippen molar-refractivity contribution in [1.82, 2.24) is 14.2 Å². The first-order valence-electron chi connectivity index (χ1n) is 10.1. The molecule has 0 saturated carbocycles. The van der Waals surface area contributed by atoms with Crippen LogP contribution in [0.15, 0.2) is 29.2 Å². The largest absolute Gasteiger partial charge is 0.490 e. The van der Waals surface area contributed by atoms with Gasteiger partial charge in [0.05, 0.1) is 23.4 Å². The number of halogens is 4. The van der Waals surface area contributed by atoms with Crippen LogP contribution in [0.2, 0.25) is 5.02 Å². The maximum absolute atomic E-state index is 12.7. The van der Waals surface area contributed by atoms with Gasteiger partial charge >= 0.3 is 12.1 Å². The Morgan fingerprint density at radius 3 is 2.29 bits per heavy atom. The van der Waals surface area contributed by atoms with E-state index < -0.39 is 28.2 Å². The molecule has 3 rings (SSSR count). The van der Waals surface area contributed by atoms with Gasteiger partial charge in [-0.3, -0.25) is 10.6 Å². The Balaban J connectivity index is 0.000000540. The van der Waals surface area contributed by atoms with Crippen molar-refractivity contribution in [2.45, 2.75) is 36.0 Å². The number of hydrogen-bond donors (Lipinski definition) is 2. The van der Waals surface area contributed by atoms with Gasteiger partial charge in [0.15, 0.2) is 0 Å². The highest BCUT2D eigenvalue weighted by atomic mass is 35.5. The van der Waals surface area contributed by atoms with Crippen LogP contribution in [-0.2, 0) is 19.6 Å². The van der Waals surface area contributed by atoms with Crippen LogP contribution in [0.3, 0.4) is 0 Å². The van der Waals surface area contributed by atoms with Crippen LogP contribution in [0.4, 0.5) is 13.2 Å². The molecule has 3 N–H and O–H groups in total. The van der Waals surface area contributed by atoms with Crippen molar-refractivity contribution in [1.29, 1.82) is 5.26 Å². The first-order valence-corrected chi connectivity index (χ1v) is 13.1. The average Bonchev–Trinajstić information content (AvgIpc) is 3.28. The van der Waals surface area contributed by atoms with Gasteiger partial charge < -0.3 is 10.0 Å². The number of nitrogens with zero attached hydrogens (tertiary/aromatic N) is 4. The zero-order valence-electron chi connectivity index (χ0n) is 18.2. The maximum atomic E-state index is 12.7. The summed E-state index contributed by atoms with van der Waals surface area (Å²) in [6.45, 7) is 0.684. The second kappa shape index (κ2) is 12.2. The predicted octanol–water partition coefficient (Wildman–Crippen LogP) is 1.73. The molecule has 0 unspecified atom stereocenters. The molecule has 1 aromatic rings. The summed E-state index contributed by atoms with van der Waals surface area (Å²) >= 11 is 7.38. The van der Waals surface area contributed by atoms with Crippen molar-refractivity contribution in [2.24, 2.45) is 5.84 Å². The number of alkyl halides is 3. The molecular formula is C19H23ClF3N5O5S2. The van der Waals surface area contributed by atoms with E-state index in [1.807, 2.05) is 0 Å². The molecule has 0 spiro atoms. The number of carbonyl (C=O) groups is 2. The van der Waals surface area contributed by atoms with E-state index in [0.717, 1.165) is 0 Å². The number of piperidine rings is 1. The van der Waals surface area contributed by atoms with E-state index in [2.05, 4.69) is 6.07 Å². The summed E-state index contributed by atoms with van der Waals surface area (Å²) in [4.78, 5) is 23.1. The summed E-state index contributed by atoms with van der Waals surface area (Å²) < 4.78 is 58.7. The molecule has 10 nitrogen and oxygen atoms in total. The number of carboxylic acids is 1. The van der Waals surface area contributed by atoms with Gasteiger partial charge in [0.25, 0.3) is 0 Å². The molecule has 2 aliphatic rings. The summed E-state index contributed by atoms with van der Waals surface area (Å²) in [7, 11) is -3.57. The Bertz CT molecular complexity index is 1040. The smallest absolute Gasteiger partial charge is 0.475 e. The molecule has 1 atom stereocenters. The third kappa shape index (κ3) is 7.95. The first kappa shape index (κ1) is 29.1. The summed E-state index contributed by atoms with van der Waals surface area (Å²) in [6, 6.07) is 7.75. The molecular weight excluding hydrogens is 535 g/mol. The van der Waals surface area contributed by atoms with Gasteiger partial charge in [0.1, 0.15) is 6.04 Å². The summed E-state index contributed by atoms with van der Waals surface area (Å²) in [5.41, 5.74) is 0. The molecule has 16 heteroatoms. The van der Waals surface area contributed by atoms with E-state index in [0.29, 0.717) is 42.6 Å². The average molecular weight is 558 g/mol. The van der Waals surface area contributed by atoms with Gasteiger partial charge in [-0.1, -0.05) is 11.6 Å². The Labute approximate surface area is 209 Å². The molecule has 2 fully saturated rings. The van der Waals surface area contributed by atoms with E-state index in [9.17, 15) is 26.4 Å². The second-order valence-corrected chi connectivity index (χ2v) is 10.9. The Morgan fingerprint density at radius 2 is 1.80 bits per heavy atom. The minimum atomic E-state index is -5.08. The molecule has 2 saturated heterocycles. The maximum Gasteiger partial charge on any atom is 0.490 e. The highest BCUT2D eigenvalue weighted by molar-refractivity contribution is 7.99. The number of carbonyl (C=O) groups excluding carboxylic acids is 1. The number of carboxylic acid groups (broad SMARTS) is 1. The first-order chi connectivity index (χ1) is 16.3. The number of hydrazine groups is 1. The van der Waals surface area contributed by atoms with Crippen molar-refractivity contribution < 1.29 is 36.3 Å². The van der Waals surface area contributed by atoms with Gasteiger partial charge in [-0.15, -0.1) is 11.8 Å². The molecule has 35 heavy (non-hydrogen) atoms. The van der Waals surface area contributed by atoms with Gasteiger partial charge in [-0.2, -0.15) is 22.7 Å². The number of rotatable bonds is 5. The highest BCUT2D eigenvalue weighted by Gasteiger charge is 2.38. The number of benzene rings is 1. The van der Waals surface area contributed by atoms with Crippen LogP contribution < -0.4 is 5.84 Å². The van der Waals surface area contributed by atoms with Crippen molar-refractivity contribution in [3.05, 3.63) is 29.3 Å². The van der Waals surface area contributed by atoms with E-state index in [-0.39, 0.29) is 23.4 Å². The third-order valence-electron chi connectivity index (χ3n) is 5.26. The lowest BCUT2D eigenvalue weighted by molar-refractivity contribution is -0.192. The topological polar surface area (TPSA) is 148 Å². The normalized spacial score (nSPS) is 19.7. The van der Waals surface area contributed by atoms with Crippen LogP contribution in [-0.4, -0.2) is 89.1 Å². The minimum absolute atomic E-state index is 0.0212. The molecule has 0 radical (unpaired) electrons. The molecule has 1 aromatic carbocycles. The zero-order chi connectivity index (χ0) is 26.4. The molecule has 0 aromatic heterocycles. The van der Waals surface area contributed by atoms with Crippen LogP contribution in [0.1, 0.15) is 12.8 Å². The van der Waals surface area contributed by atoms with Crippen molar-refractivity contribution in [3.63, 3.8) is 0 Å². The van der Waals surface area contributed by atoms with Crippen molar-refractivity contribution in [3.8, 4) is 6.07 Å². The van der Waals surface area contributed by atoms with Crippen LogP contribution in [0, 0.1) is 11.3 Å². The molecule has 2 heterocycles.